The van der Waals surface area contributed by atoms with Crippen LogP contribution in [-0.4, -0.2) is 15.8 Å². The molecule has 0 amide bonds. The largest absolute Gasteiger partial charge is 0.311 e. The van der Waals surface area contributed by atoms with E-state index in [9.17, 15) is 0 Å². The van der Waals surface area contributed by atoms with Crippen molar-refractivity contribution < 1.29 is 0 Å². The second kappa shape index (κ2) is 24.8. The van der Waals surface area contributed by atoms with Crippen molar-refractivity contribution in [1.82, 2.24) is 9.13 Å². The summed E-state index contributed by atoms with van der Waals surface area (Å²) in [5.41, 5.74) is 37.5. The summed E-state index contributed by atoms with van der Waals surface area (Å²) >= 11 is 0. The van der Waals surface area contributed by atoms with Crippen LogP contribution in [0.2, 0.25) is 0 Å². The molecule has 19 rings (SSSR count). The molecular formula is C106H103BN4. The SMILES string of the molecule is CC(C)(C)c1ccc(-c2ccc3c(c2)B2c4ccc(-n5c6ccccc6c6cc(-c7ccccc7)ccc65)cc4N(c4ccc(-c5ccc6c(c5)C(C)(C)CCC6(C)C)cc4)c4cc(-n5c6ccc(C(C)(C)C)cc6c6cc(C(C)(C)C)ccc65)cc(c42)N3c2ccc(-c3ccc4c(c3)C(C)(C)CCC4(C)C)cc2)cc1. The molecule has 2 aliphatic carbocycles. The van der Waals surface area contributed by atoms with Gasteiger partial charge in [-0.1, -0.05) is 288 Å². The molecule has 2 aromatic heterocycles. The molecule has 15 aromatic rings. The van der Waals surface area contributed by atoms with E-state index in [0.29, 0.717) is 0 Å². The summed E-state index contributed by atoms with van der Waals surface area (Å²) in [4.78, 5) is 5.29. The van der Waals surface area contributed by atoms with Crippen LogP contribution in [0.1, 0.15) is 182 Å². The van der Waals surface area contributed by atoms with E-state index in [1.54, 1.807) is 0 Å². The van der Waals surface area contributed by atoms with Crippen LogP contribution >= 0.6 is 0 Å². The summed E-state index contributed by atoms with van der Waals surface area (Å²) in [5.74, 6) is 0. The Kier molecular flexibility index (Phi) is 15.8. The maximum absolute atomic E-state index is 2.66. The zero-order valence-corrected chi connectivity index (χ0v) is 68.1. The third kappa shape index (κ3) is 11.5. The summed E-state index contributed by atoms with van der Waals surface area (Å²) in [7, 11) is 0. The van der Waals surface area contributed by atoms with Crippen LogP contribution in [-0.2, 0) is 37.9 Å². The van der Waals surface area contributed by atoms with Crippen molar-refractivity contribution >= 4 is 101 Å². The number of para-hydroxylation sites is 1. The van der Waals surface area contributed by atoms with Gasteiger partial charge in [0.1, 0.15) is 0 Å². The molecule has 0 spiro atoms. The fourth-order valence-electron chi connectivity index (χ4n) is 19.6. The van der Waals surface area contributed by atoms with Crippen LogP contribution in [0.3, 0.4) is 0 Å². The van der Waals surface area contributed by atoms with Gasteiger partial charge in [0, 0.05) is 61.4 Å². The Morgan fingerprint density at radius 1 is 0.252 bits per heavy atom. The van der Waals surface area contributed by atoms with Crippen molar-refractivity contribution in [2.75, 3.05) is 9.80 Å². The molecule has 4 nitrogen and oxygen atoms in total. The van der Waals surface area contributed by atoms with E-state index in [1.807, 2.05) is 0 Å². The highest BCUT2D eigenvalue weighted by molar-refractivity contribution is 7.00. The van der Waals surface area contributed by atoms with Gasteiger partial charge in [-0.15, -0.1) is 0 Å². The Bertz CT molecular complexity index is 6240. The Labute approximate surface area is 658 Å². The van der Waals surface area contributed by atoms with Gasteiger partial charge in [0.25, 0.3) is 6.71 Å². The first-order chi connectivity index (χ1) is 52.9. The monoisotopic (exact) mass is 1440 g/mol. The fraction of sp³-hybridized carbons (Fsp3) is 0.264. The molecule has 0 saturated carbocycles. The third-order valence-corrected chi connectivity index (χ3v) is 26.5. The highest BCUT2D eigenvalue weighted by Gasteiger charge is 2.46. The first-order valence-electron chi connectivity index (χ1n) is 40.7. The summed E-state index contributed by atoms with van der Waals surface area (Å²) in [6.07, 6.45) is 4.70. The lowest BCUT2D eigenvalue weighted by Crippen LogP contribution is -2.61. The van der Waals surface area contributed by atoms with E-state index in [4.69, 9.17) is 0 Å². The molecule has 5 heteroatoms. The van der Waals surface area contributed by atoms with Gasteiger partial charge in [0.05, 0.1) is 27.8 Å². The molecule has 0 atom stereocenters. The summed E-state index contributed by atoms with van der Waals surface area (Å²) in [5, 5.41) is 4.99. The predicted molar refractivity (Wildman–Crippen MR) is 478 cm³/mol. The maximum Gasteiger partial charge on any atom is 0.252 e. The van der Waals surface area contributed by atoms with Gasteiger partial charge < -0.3 is 18.9 Å². The minimum absolute atomic E-state index is 0.0115. The van der Waals surface area contributed by atoms with E-state index >= 15 is 0 Å². The predicted octanol–water partition coefficient (Wildman–Crippen LogP) is 27.2. The van der Waals surface area contributed by atoms with Crippen LogP contribution in [0.5, 0.6) is 0 Å². The second-order valence-corrected chi connectivity index (χ2v) is 38.7. The standard InChI is InChI=1S/C106H103BN4/c1-100(2,3)74-37-27-67(28-38-74)73-36-50-95-90(60-73)107-89-48-45-79(110-91-26-22-21-25-81(91)82-57-70(35-49-92(82)110)66-23-19-18-20-24-66)63-96(89)109(78-43-31-69(32-44-78)72-34-47-86-88(59-72)106(16,17)56-54-104(86,12)13)98-65-80(111-93-51-39-75(101(4,5)6)61-83(93)84-62-76(102(7,8)9)40-52-94(84)111)64-97(99(98)107)108(95)77-41-29-68(30-42-77)71-33-46-85-87(58-71)105(14,15)55-53-103(85,10)11/h18-52,57-65H,53-56H2,1-17H3. The lowest BCUT2D eigenvalue weighted by Gasteiger charge is -2.44. The van der Waals surface area contributed by atoms with Crippen LogP contribution < -0.4 is 26.2 Å². The number of nitrogens with zero attached hydrogens (tertiary/aromatic N) is 4. The molecule has 111 heavy (non-hydrogen) atoms. The number of hydrogen-bond donors (Lipinski definition) is 0. The average molecular weight is 1440 g/mol. The van der Waals surface area contributed by atoms with Crippen molar-refractivity contribution in [2.24, 2.45) is 0 Å². The number of benzene rings is 13. The molecule has 4 heterocycles. The zero-order valence-electron chi connectivity index (χ0n) is 68.1. The fourth-order valence-corrected chi connectivity index (χ4v) is 19.6. The Hall–Kier alpha value is -10.9. The van der Waals surface area contributed by atoms with Gasteiger partial charge in [0.15, 0.2) is 0 Å². The Balaban J connectivity index is 0.901. The van der Waals surface area contributed by atoms with Gasteiger partial charge in [-0.25, -0.2) is 0 Å². The van der Waals surface area contributed by atoms with Crippen LogP contribution in [0.25, 0.3) is 99.5 Å². The quantitative estimate of drug-likeness (QED) is 0.141. The van der Waals surface area contributed by atoms with E-state index in [0.717, 1.165) is 46.2 Å². The normalized spacial score (nSPS) is 16.1. The third-order valence-electron chi connectivity index (χ3n) is 26.5. The molecule has 0 fully saturated rings. The topological polar surface area (TPSA) is 16.3 Å². The van der Waals surface area contributed by atoms with Crippen molar-refractivity contribution in [3.63, 3.8) is 0 Å². The molecule has 0 saturated heterocycles. The number of aromatic nitrogens is 2. The molecule has 13 aromatic carbocycles. The first-order valence-corrected chi connectivity index (χ1v) is 40.7. The van der Waals surface area contributed by atoms with Crippen molar-refractivity contribution in [2.45, 2.75) is 181 Å². The van der Waals surface area contributed by atoms with Crippen LogP contribution in [0, 0.1) is 0 Å². The zero-order chi connectivity index (χ0) is 77.0. The highest BCUT2D eigenvalue weighted by Crippen LogP contribution is 2.53. The number of hydrogen-bond acceptors (Lipinski definition) is 2. The molecule has 0 radical (unpaired) electrons. The van der Waals surface area contributed by atoms with Gasteiger partial charge in [-0.05, 0) is 260 Å². The molecule has 4 aliphatic rings. The van der Waals surface area contributed by atoms with Crippen LogP contribution in [0.15, 0.2) is 267 Å². The minimum Gasteiger partial charge on any atom is -0.311 e. The number of fused-ring (bicyclic) bond motifs is 12. The van der Waals surface area contributed by atoms with Gasteiger partial charge >= 0.3 is 0 Å². The summed E-state index contributed by atoms with van der Waals surface area (Å²) in [6.45, 7) is 40.3. The Morgan fingerprint density at radius 3 is 1.14 bits per heavy atom. The van der Waals surface area contributed by atoms with Crippen molar-refractivity contribution in [1.29, 1.82) is 0 Å². The molecule has 550 valence electrons. The van der Waals surface area contributed by atoms with E-state index in [1.165, 1.54) is 168 Å². The van der Waals surface area contributed by atoms with Crippen LogP contribution in [0.4, 0.5) is 34.1 Å². The number of anilines is 6. The minimum atomic E-state index is -0.192. The summed E-state index contributed by atoms with van der Waals surface area (Å²) in [6, 6.07) is 105. The van der Waals surface area contributed by atoms with E-state index < -0.39 is 0 Å². The lowest BCUT2D eigenvalue weighted by molar-refractivity contribution is 0.332. The highest BCUT2D eigenvalue weighted by atomic mass is 15.2. The van der Waals surface area contributed by atoms with E-state index in [-0.39, 0.29) is 44.6 Å². The second-order valence-electron chi connectivity index (χ2n) is 38.7. The van der Waals surface area contributed by atoms with Crippen molar-refractivity contribution in [3.8, 4) is 55.9 Å². The first kappa shape index (κ1) is 70.5. The summed E-state index contributed by atoms with van der Waals surface area (Å²) < 4.78 is 5.13. The molecule has 2 aliphatic heterocycles. The molecule has 0 N–H and O–H groups in total. The molecule has 0 unspecified atom stereocenters. The van der Waals surface area contributed by atoms with E-state index in [2.05, 4.69) is 404 Å². The number of rotatable bonds is 8. The molecular weight excluding hydrogens is 1340 g/mol. The lowest BCUT2D eigenvalue weighted by atomic mass is 9.33. The maximum atomic E-state index is 2.66. The smallest absolute Gasteiger partial charge is 0.252 e. The molecule has 0 bridgehead atoms. The van der Waals surface area contributed by atoms with Gasteiger partial charge in [-0.3, -0.25) is 0 Å². The van der Waals surface area contributed by atoms with Crippen molar-refractivity contribution in [3.05, 3.63) is 306 Å². The Morgan fingerprint density at radius 2 is 0.622 bits per heavy atom. The van der Waals surface area contributed by atoms with Gasteiger partial charge in [0.2, 0.25) is 0 Å². The average Bonchev–Trinajstić information content (AvgIpc) is 1.47. The van der Waals surface area contributed by atoms with Gasteiger partial charge in [-0.2, -0.15) is 0 Å².